The van der Waals surface area contributed by atoms with E-state index >= 15 is 0 Å². The molecule has 0 spiro atoms. The van der Waals surface area contributed by atoms with Crippen molar-refractivity contribution in [1.82, 2.24) is 0 Å². The molecule has 0 bridgehead atoms. The van der Waals surface area contributed by atoms with Gasteiger partial charge in [0.2, 0.25) is 0 Å². The molecule has 1 aromatic rings. The first-order valence-electron chi connectivity index (χ1n) is 5.32. The maximum absolute atomic E-state index is 13.4. The summed E-state index contributed by atoms with van der Waals surface area (Å²) in [5, 5.41) is 2.87. The Labute approximate surface area is 108 Å². The lowest BCUT2D eigenvalue weighted by Gasteiger charge is -2.20. The number of halogens is 3. The summed E-state index contributed by atoms with van der Waals surface area (Å²) in [6.07, 6.45) is 0. The number of hydrogen-bond donors (Lipinski definition) is 1. The number of rotatable bonds is 4. The molecule has 0 amide bonds. The van der Waals surface area contributed by atoms with Crippen molar-refractivity contribution in [3.05, 3.63) is 28.2 Å². The maximum atomic E-state index is 13.4. The van der Waals surface area contributed by atoms with Gasteiger partial charge in [-0.15, -0.1) is 0 Å². The van der Waals surface area contributed by atoms with Gasteiger partial charge >= 0.3 is 0 Å². The Balaban J connectivity index is 2.53. The second kappa shape index (κ2) is 5.78. The van der Waals surface area contributed by atoms with Crippen LogP contribution in [-0.4, -0.2) is 18.8 Å². The van der Waals surface area contributed by atoms with Gasteiger partial charge in [0.05, 0.1) is 17.9 Å². The molecule has 17 heavy (non-hydrogen) atoms. The van der Waals surface area contributed by atoms with Crippen LogP contribution in [0.5, 0.6) is 0 Å². The molecule has 2 nitrogen and oxygen atoms in total. The van der Waals surface area contributed by atoms with Gasteiger partial charge in [0.25, 0.3) is 0 Å². The zero-order valence-electron chi connectivity index (χ0n) is 10.1. The molecular weight excluding hydrogens is 292 g/mol. The molecule has 1 rings (SSSR count). The quantitative estimate of drug-likeness (QED) is 0.850. The fourth-order valence-corrected chi connectivity index (χ4v) is 1.79. The van der Waals surface area contributed by atoms with Crippen LogP contribution >= 0.6 is 15.9 Å². The van der Waals surface area contributed by atoms with E-state index in [0.717, 1.165) is 6.07 Å². The highest BCUT2D eigenvalue weighted by Gasteiger charge is 2.11. The second-order valence-electron chi connectivity index (χ2n) is 4.63. The van der Waals surface area contributed by atoms with Crippen LogP contribution in [0.1, 0.15) is 20.8 Å². The van der Waals surface area contributed by atoms with Crippen LogP contribution in [-0.2, 0) is 4.74 Å². The predicted octanol–water partition coefficient (Wildman–Crippen LogP) is 3.95. The van der Waals surface area contributed by atoms with Gasteiger partial charge in [0.1, 0.15) is 11.6 Å². The molecule has 96 valence electrons. The fourth-order valence-electron chi connectivity index (χ4n) is 1.24. The van der Waals surface area contributed by atoms with E-state index in [0.29, 0.717) is 17.6 Å². The standard InChI is InChI=1S/C12H16BrF2NO/c1-12(2,3)17-5-4-16-11-9(13)6-8(14)7-10(11)15/h6-7,16H,4-5H2,1-3H3. The molecule has 0 aliphatic carbocycles. The van der Waals surface area contributed by atoms with Gasteiger partial charge in [-0.1, -0.05) is 0 Å². The highest BCUT2D eigenvalue weighted by molar-refractivity contribution is 9.10. The minimum Gasteiger partial charge on any atom is -0.379 e. The predicted molar refractivity (Wildman–Crippen MR) is 68.3 cm³/mol. The molecule has 0 radical (unpaired) electrons. The van der Waals surface area contributed by atoms with Crippen LogP contribution in [0.25, 0.3) is 0 Å². The van der Waals surface area contributed by atoms with Crippen molar-refractivity contribution >= 4 is 21.6 Å². The van der Waals surface area contributed by atoms with Gasteiger partial charge in [0.15, 0.2) is 0 Å². The van der Waals surface area contributed by atoms with Crippen molar-refractivity contribution < 1.29 is 13.5 Å². The summed E-state index contributed by atoms with van der Waals surface area (Å²) < 4.78 is 32.1. The monoisotopic (exact) mass is 307 g/mol. The first kappa shape index (κ1) is 14.4. The minimum atomic E-state index is -0.618. The van der Waals surface area contributed by atoms with Crippen LogP contribution in [0.2, 0.25) is 0 Å². The third-order valence-corrected chi connectivity index (χ3v) is 2.57. The van der Waals surface area contributed by atoms with E-state index in [1.807, 2.05) is 20.8 Å². The summed E-state index contributed by atoms with van der Waals surface area (Å²) in [6.45, 7) is 6.75. The van der Waals surface area contributed by atoms with Crippen molar-refractivity contribution in [2.75, 3.05) is 18.5 Å². The fraction of sp³-hybridized carbons (Fsp3) is 0.500. The van der Waals surface area contributed by atoms with Crippen LogP contribution in [0.15, 0.2) is 16.6 Å². The molecule has 0 fully saturated rings. The van der Waals surface area contributed by atoms with Gasteiger partial charge in [-0.2, -0.15) is 0 Å². The Kier molecular flexibility index (Phi) is 4.89. The average Bonchev–Trinajstić information content (AvgIpc) is 2.13. The van der Waals surface area contributed by atoms with Crippen molar-refractivity contribution in [3.63, 3.8) is 0 Å². The van der Waals surface area contributed by atoms with Crippen molar-refractivity contribution in [2.24, 2.45) is 0 Å². The first-order chi connectivity index (χ1) is 7.79. The van der Waals surface area contributed by atoms with Gasteiger partial charge < -0.3 is 10.1 Å². The summed E-state index contributed by atoms with van der Waals surface area (Å²) in [5.41, 5.74) is 0.0316. The molecule has 0 saturated heterocycles. The average molecular weight is 308 g/mol. The number of hydrogen-bond acceptors (Lipinski definition) is 2. The topological polar surface area (TPSA) is 21.3 Å². The first-order valence-corrected chi connectivity index (χ1v) is 6.11. The molecule has 0 unspecified atom stereocenters. The lowest BCUT2D eigenvalue weighted by Crippen LogP contribution is -2.23. The Hall–Kier alpha value is -0.680. The van der Waals surface area contributed by atoms with Gasteiger partial charge in [-0.3, -0.25) is 0 Å². The molecular formula is C12H16BrF2NO. The number of nitrogens with one attached hydrogen (secondary N) is 1. The largest absolute Gasteiger partial charge is 0.379 e. The molecule has 1 N–H and O–H groups in total. The number of anilines is 1. The number of ether oxygens (including phenoxy) is 1. The van der Waals surface area contributed by atoms with E-state index in [1.54, 1.807) is 0 Å². The smallest absolute Gasteiger partial charge is 0.150 e. The van der Waals surface area contributed by atoms with E-state index < -0.39 is 11.6 Å². The van der Waals surface area contributed by atoms with Crippen LogP contribution in [0.4, 0.5) is 14.5 Å². The third-order valence-electron chi connectivity index (χ3n) is 1.95. The Morgan fingerprint density at radius 1 is 1.29 bits per heavy atom. The van der Waals surface area contributed by atoms with Crippen molar-refractivity contribution in [3.8, 4) is 0 Å². The Bertz CT molecular complexity index is 368. The molecule has 0 aliphatic rings. The van der Waals surface area contributed by atoms with E-state index in [4.69, 9.17) is 4.74 Å². The maximum Gasteiger partial charge on any atom is 0.150 e. The van der Waals surface area contributed by atoms with Crippen LogP contribution in [0.3, 0.4) is 0 Å². The molecule has 0 atom stereocenters. The van der Waals surface area contributed by atoms with E-state index in [9.17, 15) is 8.78 Å². The normalized spacial score (nSPS) is 11.6. The van der Waals surface area contributed by atoms with Crippen molar-refractivity contribution in [2.45, 2.75) is 26.4 Å². The highest BCUT2D eigenvalue weighted by atomic mass is 79.9. The summed E-state index contributed by atoms with van der Waals surface area (Å²) in [7, 11) is 0. The van der Waals surface area contributed by atoms with E-state index in [-0.39, 0.29) is 11.3 Å². The summed E-state index contributed by atoms with van der Waals surface area (Å²) in [6, 6.07) is 2.06. The lowest BCUT2D eigenvalue weighted by molar-refractivity contribution is 0.00332. The zero-order valence-corrected chi connectivity index (χ0v) is 11.7. The molecule has 0 saturated carbocycles. The van der Waals surface area contributed by atoms with Crippen LogP contribution in [0, 0.1) is 11.6 Å². The summed E-state index contributed by atoms with van der Waals surface area (Å²) in [5.74, 6) is -1.22. The highest BCUT2D eigenvalue weighted by Crippen LogP contribution is 2.26. The summed E-state index contributed by atoms with van der Waals surface area (Å²) >= 11 is 3.11. The molecule has 0 aliphatic heterocycles. The van der Waals surface area contributed by atoms with Crippen molar-refractivity contribution in [1.29, 1.82) is 0 Å². The summed E-state index contributed by atoms with van der Waals surface area (Å²) in [4.78, 5) is 0. The number of benzene rings is 1. The Morgan fingerprint density at radius 3 is 2.47 bits per heavy atom. The zero-order chi connectivity index (χ0) is 13.1. The molecule has 0 heterocycles. The van der Waals surface area contributed by atoms with E-state index in [1.165, 1.54) is 6.07 Å². The van der Waals surface area contributed by atoms with Gasteiger partial charge in [-0.05, 0) is 42.8 Å². The third kappa shape index (κ3) is 5.00. The van der Waals surface area contributed by atoms with E-state index in [2.05, 4.69) is 21.2 Å². The van der Waals surface area contributed by atoms with Gasteiger partial charge in [0, 0.05) is 17.1 Å². The lowest BCUT2D eigenvalue weighted by atomic mass is 10.2. The van der Waals surface area contributed by atoms with Gasteiger partial charge in [-0.25, -0.2) is 8.78 Å². The molecule has 1 aromatic carbocycles. The Morgan fingerprint density at radius 2 is 1.94 bits per heavy atom. The minimum absolute atomic E-state index is 0.222. The molecule has 0 aromatic heterocycles. The molecule has 5 heteroatoms. The SMILES string of the molecule is CC(C)(C)OCCNc1c(F)cc(F)cc1Br. The second-order valence-corrected chi connectivity index (χ2v) is 5.49. The van der Waals surface area contributed by atoms with Crippen LogP contribution < -0.4 is 5.32 Å².